The van der Waals surface area contributed by atoms with Crippen LogP contribution in [0.25, 0.3) is 27.8 Å². The summed E-state index contributed by atoms with van der Waals surface area (Å²) in [5, 5.41) is 0. The molecule has 0 bridgehead atoms. The summed E-state index contributed by atoms with van der Waals surface area (Å²) in [6.07, 6.45) is 10.4. The molecule has 0 aliphatic heterocycles. The minimum Gasteiger partial charge on any atom is -0.206 e. The third kappa shape index (κ3) is 5.13. The van der Waals surface area contributed by atoms with E-state index in [0.717, 1.165) is 31.2 Å². The molecule has 3 heteroatoms. The van der Waals surface area contributed by atoms with Crippen LogP contribution in [-0.2, 0) is 6.42 Å². The zero-order valence-corrected chi connectivity index (χ0v) is 19.2. The van der Waals surface area contributed by atoms with Crippen LogP contribution in [0.4, 0.5) is 13.2 Å². The number of benzene rings is 3. The Morgan fingerprint density at radius 2 is 1.48 bits per heavy atom. The van der Waals surface area contributed by atoms with Gasteiger partial charge in [-0.3, -0.25) is 0 Å². The maximum atomic E-state index is 14.9. The van der Waals surface area contributed by atoms with Crippen LogP contribution in [0.5, 0.6) is 0 Å². The van der Waals surface area contributed by atoms with Crippen molar-refractivity contribution in [2.24, 2.45) is 5.92 Å². The molecular formula is C30H29F3. The van der Waals surface area contributed by atoms with E-state index in [0.29, 0.717) is 34.6 Å². The highest BCUT2D eigenvalue weighted by Gasteiger charge is 2.16. The highest BCUT2D eigenvalue weighted by molar-refractivity contribution is 5.74. The summed E-state index contributed by atoms with van der Waals surface area (Å²) in [6, 6.07) is 15.5. The standard InChI is InChI=1S/C30H29F3/c1-3-4-5-6-24-15-18-27(30(33)29(24)32)23-13-11-22(12-14-23)26-17-16-25(19-28(26)31)21-9-7-20(2)8-10-21/h4-5,9,11-20H,3,6-8,10H2,1-2H3/b5-4-. The summed E-state index contributed by atoms with van der Waals surface area (Å²) in [7, 11) is 0. The van der Waals surface area contributed by atoms with Gasteiger partial charge >= 0.3 is 0 Å². The van der Waals surface area contributed by atoms with Gasteiger partial charge in [0.05, 0.1) is 0 Å². The fraction of sp³-hybridized carbons (Fsp3) is 0.267. The number of hydrogen-bond acceptors (Lipinski definition) is 0. The van der Waals surface area contributed by atoms with Crippen molar-refractivity contribution < 1.29 is 13.2 Å². The SMILES string of the molecule is CC/C=C\Cc1ccc(-c2ccc(-c3ccc(C4=CCC(C)CC4)cc3F)cc2)c(F)c1F. The molecule has 170 valence electrons. The Bertz CT molecular complexity index is 1190. The van der Waals surface area contributed by atoms with E-state index < -0.39 is 11.6 Å². The van der Waals surface area contributed by atoms with E-state index >= 15 is 0 Å². The number of rotatable bonds is 6. The second kappa shape index (κ2) is 10.2. The van der Waals surface area contributed by atoms with Crippen LogP contribution in [0.15, 0.2) is 72.8 Å². The molecule has 0 radical (unpaired) electrons. The minimum absolute atomic E-state index is 0.205. The van der Waals surface area contributed by atoms with Gasteiger partial charge in [-0.2, -0.15) is 0 Å². The Kier molecular flexibility index (Phi) is 7.17. The molecule has 0 spiro atoms. The quantitative estimate of drug-likeness (QED) is 0.331. The zero-order valence-electron chi connectivity index (χ0n) is 19.2. The minimum atomic E-state index is -0.851. The van der Waals surface area contributed by atoms with Crippen LogP contribution >= 0.6 is 0 Å². The van der Waals surface area contributed by atoms with E-state index in [1.807, 2.05) is 25.1 Å². The molecule has 33 heavy (non-hydrogen) atoms. The summed E-state index contributed by atoms with van der Waals surface area (Å²) in [6.45, 7) is 4.23. The van der Waals surface area contributed by atoms with Gasteiger partial charge in [0.25, 0.3) is 0 Å². The molecule has 0 heterocycles. The van der Waals surface area contributed by atoms with Crippen molar-refractivity contribution in [3.05, 3.63) is 101 Å². The van der Waals surface area contributed by atoms with Crippen LogP contribution < -0.4 is 0 Å². The molecule has 1 atom stereocenters. The number of halogens is 3. The maximum absolute atomic E-state index is 14.9. The van der Waals surface area contributed by atoms with Gasteiger partial charge in [-0.05, 0) is 71.9 Å². The van der Waals surface area contributed by atoms with Gasteiger partial charge < -0.3 is 0 Å². The van der Waals surface area contributed by atoms with Crippen molar-refractivity contribution >= 4 is 5.57 Å². The molecule has 1 aliphatic rings. The van der Waals surface area contributed by atoms with Crippen LogP contribution in [-0.4, -0.2) is 0 Å². The highest BCUT2D eigenvalue weighted by atomic mass is 19.2. The van der Waals surface area contributed by atoms with Crippen LogP contribution in [0.3, 0.4) is 0 Å². The lowest BCUT2D eigenvalue weighted by atomic mass is 9.87. The summed E-state index contributed by atoms with van der Waals surface area (Å²) in [4.78, 5) is 0. The first-order chi connectivity index (χ1) is 16.0. The van der Waals surface area contributed by atoms with Crippen LogP contribution in [0, 0.1) is 23.4 Å². The normalized spacial score (nSPS) is 16.3. The monoisotopic (exact) mass is 446 g/mol. The maximum Gasteiger partial charge on any atom is 0.166 e. The first-order valence-electron chi connectivity index (χ1n) is 11.7. The zero-order chi connectivity index (χ0) is 23.4. The second-order valence-corrected chi connectivity index (χ2v) is 8.86. The van der Waals surface area contributed by atoms with E-state index in [2.05, 4.69) is 13.0 Å². The Labute approximate surface area is 194 Å². The summed E-state index contributed by atoms with van der Waals surface area (Å²) in [5.41, 5.74) is 4.45. The molecule has 0 amide bonds. The predicted molar refractivity (Wildman–Crippen MR) is 131 cm³/mol. The third-order valence-electron chi connectivity index (χ3n) is 6.42. The number of allylic oxidation sites excluding steroid dienone is 4. The first-order valence-corrected chi connectivity index (χ1v) is 11.7. The summed E-state index contributed by atoms with van der Waals surface area (Å²) < 4.78 is 44.2. The van der Waals surface area contributed by atoms with Crippen molar-refractivity contribution in [2.45, 2.75) is 46.0 Å². The average molecular weight is 447 g/mol. The Morgan fingerprint density at radius 1 is 0.818 bits per heavy atom. The lowest BCUT2D eigenvalue weighted by molar-refractivity contribution is 0.503. The molecule has 1 aliphatic carbocycles. The van der Waals surface area contributed by atoms with Gasteiger partial charge in [-0.15, -0.1) is 0 Å². The Balaban J connectivity index is 1.56. The predicted octanol–water partition coefficient (Wildman–Crippen LogP) is 9.15. The van der Waals surface area contributed by atoms with Crippen molar-refractivity contribution in [3.63, 3.8) is 0 Å². The molecular weight excluding hydrogens is 417 g/mol. The van der Waals surface area contributed by atoms with E-state index in [4.69, 9.17) is 0 Å². The van der Waals surface area contributed by atoms with Gasteiger partial charge in [0.15, 0.2) is 11.6 Å². The first kappa shape index (κ1) is 23.1. The van der Waals surface area contributed by atoms with E-state index in [9.17, 15) is 13.2 Å². The van der Waals surface area contributed by atoms with E-state index in [-0.39, 0.29) is 11.4 Å². The second-order valence-electron chi connectivity index (χ2n) is 8.86. The van der Waals surface area contributed by atoms with Gasteiger partial charge in [-0.1, -0.05) is 80.6 Å². The van der Waals surface area contributed by atoms with Gasteiger partial charge in [-0.25, -0.2) is 13.2 Å². The molecule has 3 aromatic carbocycles. The smallest absolute Gasteiger partial charge is 0.166 e. The summed E-state index contributed by atoms with van der Waals surface area (Å²) in [5.74, 6) is -1.26. The molecule has 3 aromatic rings. The third-order valence-corrected chi connectivity index (χ3v) is 6.42. The molecule has 0 fully saturated rings. The molecule has 0 saturated heterocycles. The molecule has 0 saturated carbocycles. The highest BCUT2D eigenvalue weighted by Crippen LogP contribution is 2.34. The van der Waals surface area contributed by atoms with Crippen molar-refractivity contribution in [3.8, 4) is 22.3 Å². The van der Waals surface area contributed by atoms with Gasteiger partial charge in [0, 0.05) is 11.1 Å². The van der Waals surface area contributed by atoms with E-state index in [1.54, 1.807) is 48.5 Å². The number of hydrogen-bond donors (Lipinski definition) is 0. The fourth-order valence-electron chi connectivity index (χ4n) is 4.35. The van der Waals surface area contributed by atoms with E-state index in [1.165, 1.54) is 5.57 Å². The average Bonchev–Trinajstić information content (AvgIpc) is 2.83. The molecule has 0 nitrogen and oxygen atoms in total. The summed E-state index contributed by atoms with van der Waals surface area (Å²) >= 11 is 0. The van der Waals surface area contributed by atoms with Gasteiger partial charge in [0.1, 0.15) is 5.82 Å². The molecule has 4 rings (SSSR count). The lowest BCUT2D eigenvalue weighted by Crippen LogP contribution is -2.01. The molecule has 0 N–H and O–H groups in total. The van der Waals surface area contributed by atoms with Gasteiger partial charge in [0.2, 0.25) is 0 Å². The van der Waals surface area contributed by atoms with Crippen molar-refractivity contribution in [1.82, 2.24) is 0 Å². The van der Waals surface area contributed by atoms with Crippen molar-refractivity contribution in [1.29, 1.82) is 0 Å². The van der Waals surface area contributed by atoms with Crippen LogP contribution in [0.1, 0.15) is 50.7 Å². The largest absolute Gasteiger partial charge is 0.206 e. The Morgan fingerprint density at radius 3 is 2.12 bits per heavy atom. The molecule has 0 aromatic heterocycles. The fourth-order valence-corrected chi connectivity index (χ4v) is 4.35. The van der Waals surface area contributed by atoms with Crippen LogP contribution in [0.2, 0.25) is 0 Å². The van der Waals surface area contributed by atoms with Crippen molar-refractivity contribution in [2.75, 3.05) is 0 Å². The topological polar surface area (TPSA) is 0 Å². The Hall–Kier alpha value is -3.07. The molecule has 1 unspecified atom stereocenters. The lowest BCUT2D eigenvalue weighted by Gasteiger charge is -2.19.